The number of aryl methyl sites for hydroxylation is 2. The van der Waals surface area contributed by atoms with Crippen LogP contribution in [-0.2, 0) is 14.6 Å². The summed E-state index contributed by atoms with van der Waals surface area (Å²) in [6.45, 7) is 5.99. The van der Waals surface area contributed by atoms with E-state index in [0.717, 1.165) is 33.5 Å². The fraction of sp³-hybridized carbons (Fsp3) is 0.357. The van der Waals surface area contributed by atoms with Gasteiger partial charge in [0.15, 0.2) is 0 Å². The van der Waals surface area contributed by atoms with Gasteiger partial charge in [-0.15, -0.1) is 0 Å². The van der Waals surface area contributed by atoms with Crippen molar-refractivity contribution in [2.24, 2.45) is 0 Å². The van der Waals surface area contributed by atoms with Crippen LogP contribution in [0.5, 0.6) is 11.6 Å². The molecule has 0 spiro atoms. The quantitative estimate of drug-likeness (QED) is 0.293. The summed E-state index contributed by atoms with van der Waals surface area (Å²) in [5.74, 6) is 0.665. The average molecular weight is 512 g/mol. The number of carbonyl (C=O) groups is 1. The highest BCUT2D eigenvalue weighted by atomic mass is 32.2. The monoisotopic (exact) mass is 511 g/mol. The Balaban J connectivity index is 1.63. The molecule has 0 saturated heterocycles. The van der Waals surface area contributed by atoms with E-state index in [1.54, 1.807) is 19.3 Å². The van der Waals surface area contributed by atoms with Crippen LogP contribution in [0, 0.1) is 13.8 Å². The van der Waals surface area contributed by atoms with Gasteiger partial charge in [-0.05, 0) is 68.0 Å². The Hall–Kier alpha value is -3.39. The fourth-order valence-corrected chi connectivity index (χ4v) is 4.75. The van der Waals surface area contributed by atoms with Crippen LogP contribution in [0.3, 0.4) is 0 Å². The second kappa shape index (κ2) is 12.5. The molecule has 36 heavy (non-hydrogen) atoms. The van der Waals surface area contributed by atoms with Crippen molar-refractivity contribution in [2.75, 3.05) is 18.1 Å². The van der Waals surface area contributed by atoms with Crippen molar-refractivity contribution in [3.63, 3.8) is 0 Å². The highest BCUT2D eigenvalue weighted by Crippen LogP contribution is 2.31. The van der Waals surface area contributed by atoms with Gasteiger partial charge in [0.05, 0.1) is 24.3 Å². The van der Waals surface area contributed by atoms with E-state index in [9.17, 15) is 13.2 Å². The van der Waals surface area contributed by atoms with Crippen molar-refractivity contribution in [2.45, 2.75) is 46.5 Å². The molecule has 7 nitrogen and oxygen atoms in total. The van der Waals surface area contributed by atoms with Crippen LogP contribution in [0.1, 0.15) is 43.7 Å². The fourth-order valence-electron chi connectivity index (χ4n) is 3.90. The van der Waals surface area contributed by atoms with Crippen LogP contribution in [0.2, 0.25) is 0 Å². The maximum absolute atomic E-state index is 11.6. The molecule has 0 atom stereocenters. The Morgan fingerprint density at radius 3 is 2.56 bits per heavy atom. The molecule has 1 aliphatic rings. The molecule has 1 aliphatic carbocycles. The standard InChI is InChI=1S/C28H33NO6S/c1-4-36(32,33)16-6-15-34-24-17-20(2)28(21(3)18-24)25-7-5-8-26(29-25)35-19-23-11-9-22(10-12-23)13-14-27(30)31/h5,7-11,17-19H,4,6,12-16H2,1-3H3,(H,30,31). The Morgan fingerprint density at radius 2 is 1.92 bits per heavy atom. The molecule has 1 N–H and O–H groups in total. The molecular weight excluding hydrogens is 478 g/mol. The number of sulfone groups is 1. The predicted molar refractivity (Wildman–Crippen MR) is 141 cm³/mol. The number of nitrogens with zero attached hydrogens (tertiary/aromatic N) is 1. The van der Waals surface area contributed by atoms with E-state index in [2.05, 4.69) is 4.98 Å². The van der Waals surface area contributed by atoms with Gasteiger partial charge in [0, 0.05) is 23.8 Å². The van der Waals surface area contributed by atoms with Gasteiger partial charge in [0.1, 0.15) is 15.6 Å². The number of pyridine rings is 1. The zero-order chi connectivity index (χ0) is 26.1. The molecule has 0 radical (unpaired) electrons. The van der Waals surface area contributed by atoms with Crippen LogP contribution in [0.25, 0.3) is 11.3 Å². The van der Waals surface area contributed by atoms with Gasteiger partial charge in [0.2, 0.25) is 5.88 Å². The lowest BCUT2D eigenvalue weighted by Crippen LogP contribution is -2.12. The summed E-state index contributed by atoms with van der Waals surface area (Å²) >= 11 is 0. The summed E-state index contributed by atoms with van der Waals surface area (Å²) < 4.78 is 34.9. The van der Waals surface area contributed by atoms with Gasteiger partial charge in [-0.2, -0.15) is 0 Å². The van der Waals surface area contributed by atoms with Gasteiger partial charge < -0.3 is 14.6 Å². The first kappa shape index (κ1) is 27.2. The van der Waals surface area contributed by atoms with Crippen molar-refractivity contribution in [1.29, 1.82) is 0 Å². The minimum atomic E-state index is -2.99. The maximum Gasteiger partial charge on any atom is 0.303 e. The van der Waals surface area contributed by atoms with Gasteiger partial charge in [-0.25, -0.2) is 13.4 Å². The Morgan fingerprint density at radius 1 is 1.17 bits per heavy atom. The number of carboxylic acid groups (broad SMARTS) is 1. The number of carboxylic acids is 1. The van der Waals surface area contributed by atoms with E-state index in [1.165, 1.54) is 0 Å². The van der Waals surface area contributed by atoms with Crippen LogP contribution in [-0.4, -0.2) is 42.6 Å². The van der Waals surface area contributed by atoms with Crippen LogP contribution >= 0.6 is 0 Å². The molecular formula is C28H33NO6S. The predicted octanol–water partition coefficient (Wildman–Crippen LogP) is 5.58. The Bertz CT molecular complexity index is 1270. The molecule has 1 aromatic heterocycles. The Labute approximate surface area is 213 Å². The lowest BCUT2D eigenvalue weighted by molar-refractivity contribution is -0.136. The number of rotatable bonds is 12. The highest BCUT2D eigenvalue weighted by Gasteiger charge is 2.12. The molecule has 192 valence electrons. The van der Waals surface area contributed by atoms with Crippen molar-refractivity contribution in [3.8, 4) is 22.9 Å². The van der Waals surface area contributed by atoms with E-state index in [0.29, 0.717) is 37.5 Å². The number of hydrogen-bond acceptors (Lipinski definition) is 6. The first-order valence-electron chi connectivity index (χ1n) is 12.0. The molecule has 0 unspecified atom stereocenters. The first-order chi connectivity index (χ1) is 17.2. The van der Waals surface area contributed by atoms with E-state index in [-0.39, 0.29) is 17.9 Å². The zero-order valence-electron chi connectivity index (χ0n) is 21.0. The average Bonchev–Trinajstić information content (AvgIpc) is 2.84. The number of ether oxygens (including phenoxy) is 2. The van der Waals surface area contributed by atoms with Crippen LogP contribution in [0.4, 0.5) is 0 Å². The third kappa shape index (κ3) is 8.09. The number of aliphatic carboxylic acids is 1. The molecule has 2 aromatic rings. The molecule has 0 aliphatic heterocycles. The van der Waals surface area contributed by atoms with Gasteiger partial charge in [0.25, 0.3) is 0 Å². The summed E-state index contributed by atoms with van der Waals surface area (Å²) in [5, 5.41) is 8.82. The van der Waals surface area contributed by atoms with Crippen molar-refractivity contribution >= 4 is 15.8 Å². The zero-order valence-corrected chi connectivity index (χ0v) is 21.8. The number of benzene rings is 1. The second-order valence-electron chi connectivity index (χ2n) is 8.75. The molecule has 3 rings (SSSR count). The number of aromatic nitrogens is 1. The number of allylic oxidation sites excluding steroid dienone is 5. The normalized spacial score (nSPS) is 14.5. The molecule has 1 aromatic carbocycles. The van der Waals surface area contributed by atoms with Crippen LogP contribution < -0.4 is 9.47 Å². The van der Waals surface area contributed by atoms with E-state index < -0.39 is 15.8 Å². The van der Waals surface area contributed by atoms with Crippen molar-refractivity contribution in [3.05, 3.63) is 77.1 Å². The molecule has 0 saturated carbocycles. The third-order valence-corrected chi connectivity index (χ3v) is 7.65. The lowest BCUT2D eigenvalue weighted by atomic mass is 9.99. The molecule has 0 amide bonds. The minimum Gasteiger partial charge on any atom is -0.494 e. The van der Waals surface area contributed by atoms with E-state index in [1.807, 2.05) is 56.3 Å². The minimum absolute atomic E-state index is 0.123. The molecule has 0 fully saturated rings. The summed E-state index contributed by atoms with van der Waals surface area (Å²) in [7, 11) is -2.99. The van der Waals surface area contributed by atoms with Crippen molar-refractivity contribution in [1.82, 2.24) is 4.98 Å². The first-order valence-corrected chi connectivity index (χ1v) is 13.9. The molecule has 8 heteroatoms. The molecule has 1 heterocycles. The summed E-state index contributed by atoms with van der Waals surface area (Å²) in [6.07, 6.45) is 9.32. The largest absolute Gasteiger partial charge is 0.494 e. The highest BCUT2D eigenvalue weighted by molar-refractivity contribution is 7.91. The van der Waals surface area contributed by atoms with Gasteiger partial charge >= 0.3 is 5.97 Å². The SMILES string of the molecule is CCS(=O)(=O)CCCOc1cc(C)c(-c2cccc(OC=C3C=CC(CCC(=O)O)=CC3)n2)c(C)c1. The third-order valence-electron chi connectivity index (χ3n) is 5.86. The number of hydrogen-bond donors (Lipinski definition) is 1. The Kier molecular flexibility index (Phi) is 9.47. The van der Waals surface area contributed by atoms with E-state index >= 15 is 0 Å². The topological polar surface area (TPSA) is 103 Å². The van der Waals surface area contributed by atoms with Gasteiger partial charge in [-0.1, -0.05) is 36.8 Å². The van der Waals surface area contributed by atoms with Crippen LogP contribution in [0.15, 0.2) is 66.0 Å². The van der Waals surface area contributed by atoms with E-state index in [4.69, 9.17) is 14.6 Å². The van der Waals surface area contributed by atoms with Gasteiger partial charge in [-0.3, -0.25) is 4.79 Å². The smallest absolute Gasteiger partial charge is 0.303 e. The molecule has 0 bridgehead atoms. The summed E-state index contributed by atoms with van der Waals surface area (Å²) in [5.41, 5.74) is 5.78. The summed E-state index contributed by atoms with van der Waals surface area (Å²) in [6, 6.07) is 9.51. The second-order valence-corrected chi connectivity index (χ2v) is 11.2. The lowest BCUT2D eigenvalue weighted by Gasteiger charge is -2.14. The summed E-state index contributed by atoms with van der Waals surface area (Å²) in [4.78, 5) is 15.4. The maximum atomic E-state index is 11.6. The van der Waals surface area contributed by atoms with Crippen molar-refractivity contribution < 1.29 is 27.8 Å².